The molecule has 0 amide bonds. The van der Waals surface area contributed by atoms with Crippen LogP contribution >= 0.6 is 0 Å². The van der Waals surface area contributed by atoms with E-state index in [1.807, 2.05) is 18.2 Å². The van der Waals surface area contributed by atoms with Crippen molar-refractivity contribution in [1.82, 2.24) is 5.32 Å². The minimum Gasteiger partial charge on any atom is -0.493 e. The predicted molar refractivity (Wildman–Crippen MR) is 101 cm³/mol. The van der Waals surface area contributed by atoms with Crippen molar-refractivity contribution in [2.24, 2.45) is 0 Å². The Labute approximate surface area is 162 Å². The molecule has 148 valence electrons. The molecule has 1 unspecified atom stereocenters. The molecule has 0 bridgehead atoms. The quantitative estimate of drug-likeness (QED) is 0.647. The van der Waals surface area contributed by atoms with Gasteiger partial charge in [-0.05, 0) is 31.0 Å². The molecule has 2 heterocycles. The van der Waals surface area contributed by atoms with Crippen molar-refractivity contribution in [2.45, 2.75) is 25.3 Å². The fourth-order valence-electron chi connectivity index (χ4n) is 3.94. The summed E-state index contributed by atoms with van der Waals surface area (Å²) in [4.78, 5) is 14.9. The van der Waals surface area contributed by atoms with Gasteiger partial charge in [0.2, 0.25) is 0 Å². The smallest absolute Gasteiger partial charge is 0.319 e. The number of hydrogen-bond donors (Lipinski definition) is 1. The number of fused-ring (bicyclic) bond motifs is 1. The Hall–Kier alpha value is -2.67. The molecule has 0 spiro atoms. The number of ether oxygens (including phenoxy) is 2. The number of carbonyl (C=O) groups excluding carboxylic acids is 1. The number of hydrogen-bond acceptors (Lipinski definition) is 5. The maximum atomic E-state index is 14.1. The van der Waals surface area contributed by atoms with Crippen LogP contribution in [0.1, 0.15) is 24.0 Å². The fraction of sp³-hybridized carbons (Fsp3) is 0.381. The van der Waals surface area contributed by atoms with Crippen LogP contribution in [-0.2, 0) is 11.2 Å². The fourth-order valence-corrected chi connectivity index (χ4v) is 3.94. The third kappa shape index (κ3) is 3.42. The molecule has 1 saturated heterocycles. The second-order valence-electron chi connectivity index (χ2n) is 7.28. The van der Waals surface area contributed by atoms with Crippen LogP contribution in [0, 0.1) is 11.6 Å². The molecule has 5 nitrogen and oxygen atoms in total. The van der Waals surface area contributed by atoms with Gasteiger partial charge >= 0.3 is 5.97 Å². The first-order valence-electron chi connectivity index (χ1n) is 9.32. The molecule has 0 saturated carbocycles. The van der Waals surface area contributed by atoms with Gasteiger partial charge in [-0.3, -0.25) is 4.79 Å². The van der Waals surface area contributed by atoms with Crippen molar-refractivity contribution in [3.05, 3.63) is 53.1 Å². The van der Waals surface area contributed by atoms with Crippen molar-refractivity contribution in [3.63, 3.8) is 0 Å². The van der Waals surface area contributed by atoms with E-state index in [1.165, 1.54) is 7.11 Å². The molecule has 0 aromatic heterocycles. The lowest BCUT2D eigenvalue weighted by atomic mass is 9.88. The van der Waals surface area contributed by atoms with Gasteiger partial charge in [0.15, 0.2) is 11.6 Å². The van der Waals surface area contributed by atoms with Crippen LogP contribution in [0.5, 0.6) is 11.5 Å². The van der Waals surface area contributed by atoms with Crippen molar-refractivity contribution in [1.29, 1.82) is 0 Å². The van der Waals surface area contributed by atoms with Gasteiger partial charge in [-0.25, -0.2) is 8.78 Å². The first-order chi connectivity index (χ1) is 13.5. The molecule has 7 heteroatoms. The number of piperazine rings is 1. The van der Waals surface area contributed by atoms with Crippen molar-refractivity contribution >= 4 is 11.7 Å². The van der Waals surface area contributed by atoms with E-state index in [9.17, 15) is 13.6 Å². The van der Waals surface area contributed by atoms with Crippen LogP contribution in [0.2, 0.25) is 0 Å². The van der Waals surface area contributed by atoms with Crippen LogP contribution in [0.4, 0.5) is 14.5 Å². The predicted octanol–water partition coefficient (Wildman–Crippen LogP) is 3.02. The second-order valence-corrected chi connectivity index (χ2v) is 7.28. The second kappa shape index (κ2) is 7.39. The maximum absolute atomic E-state index is 14.1. The third-order valence-electron chi connectivity index (χ3n) is 5.32. The molecule has 2 atom stereocenters. The molecule has 0 radical (unpaired) electrons. The highest BCUT2D eigenvalue weighted by Crippen LogP contribution is 2.39. The Balaban J connectivity index is 1.64. The van der Waals surface area contributed by atoms with Gasteiger partial charge in [-0.15, -0.1) is 0 Å². The van der Waals surface area contributed by atoms with Crippen molar-refractivity contribution in [3.8, 4) is 11.5 Å². The highest BCUT2D eigenvalue weighted by molar-refractivity contribution is 5.84. The summed E-state index contributed by atoms with van der Waals surface area (Å²) in [6, 6.07) is 8.04. The number of esters is 1. The van der Waals surface area contributed by atoms with E-state index in [4.69, 9.17) is 9.47 Å². The van der Waals surface area contributed by atoms with Crippen LogP contribution < -0.4 is 19.7 Å². The largest absolute Gasteiger partial charge is 0.493 e. The minimum atomic E-state index is -0.834. The van der Waals surface area contributed by atoms with Crippen molar-refractivity contribution < 1.29 is 23.0 Å². The van der Waals surface area contributed by atoms with Crippen molar-refractivity contribution in [2.75, 3.05) is 31.6 Å². The van der Waals surface area contributed by atoms with E-state index >= 15 is 0 Å². The molecular formula is C21H22F2N2O3. The number of carbonyl (C=O) groups is 1. The molecular weight excluding hydrogens is 366 g/mol. The summed E-state index contributed by atoms with van der Waals surface area (Å²) in [5.41, 5.74) is 1.98. The average Bonchev–Trinajstić information content (AvgIpc) is 2.66. The Morgan fingerprint density at radius 1 is 1.25 bits per heavy atom. The molecule has 1 N–H and O–H groups in total. The summed E-state index contributed by atoms with van der Waals surface area (Å²) < 4.78 is 38.4. The Morgan fingerprint density at radius 2 is 2.07 bits per heavy atom. The zero-order valence-electron chi connectivity index (χ0n) is 15.8. The van der Waals surface area contributed by atoms with Gasteiger partial charge in [0.05, 0.1) is 13.0 Å². The lowest BCUT2D eigenvalue weighted by Gasteiger charge is -2.34. The normalized spacial score (nSPS) is 21.9. The highest BCUT2D eigenvalue weighted by atomic mass is 19.1. The average molecular weight is 388 g/mol. The molecule has 2 aliphatic rings. The monoisotopic (exact) mass is 388 g/mol. The van der Waals surface area contributed by atoms with E-state index in [0.717, 1.165) is 43.0 Å². The van der Waals surface area contributed by atoms with Crippen LogP contribution in [-0.4, -0.2) is 38.8 Å². The minimum absolute atomic E-state index is 0.127. The number of nitrogens with one attached hydrogen (secondary N) is 1. The van der Waals surface area contributed by atoms with Crippen LogP contribution in [0.3, 0.4) is 0 Å². The Kier molecular flexibility index (Phi) is 4.93. The molecule has 28 heavy (non-hydrogen) atoms. The zero-order valence-corrected chi connectivity index (χ0v) is 15.8. The molecule has 1 fully saturated rings. The summed E-state index contributed by atoms with van der Waals surface area (Å²) in [5.74, 6) is -2.58. The van der Waals surface area contributed by atoms with E-state index < -0.39 is 23.5 Å². The van der Waals surface area contributed by atoms with E-state index in [-0.39, 0.29) is 11.3 Å². The van der Waals surface area contributed by atoms with Crippen LogP contribution in [0.15, 0.2) is 30.3 Å². The van der Waals surface area contributed by atoms with Gasteiger partial charge in [-0.1, -0.05) is 6.07 Å². The van der Waals surface area contributed by atoms with Gasteiger partial charge in [0.25, 0.3) is 0 Å². The molecule has 0 aliphatic carbocycles. The summed E-state index contributed by atoms with van der Waals surface area (Å²) in [6.07, 6.45) is 0.297. The molecule has 4 rings (SSSR count). The maximum Gasteiger partial charge on any atom is 0.319 e. The summed E-state index contributed by atoms with van der Waals surface area (Å²) >= 11 is 0. The molecule has 2 aliphatic heterocycles. The first kappa shape index (κ1) is 18.7. The zero-order chi connectivity index (χ0) is 19.8. The number of methoxy groups -OCH3 is 1. The lowest BCUT2D eigenvalue weighted by molar-refractivity contribution is -0.137. The third-order valence-corrected chi connectivity index (χ3v) is 5.32. The van der Waals surface area contributed by atoms with E-state index in [0.29, 0.717) is 18.2 Å². The first-order valence-corrected chi connectivity index (χ1v) is 9.32. The van der Waals surface area contributed by atoms with Crippen LogP contribution in [0.25, 0.3) is 0 Å². The number of nitrogens with zero attached hydrogens (tertiary/aromatic N) is 1. The SMILES string of the molecule is COc1c(F)cc(F)cc1C1Cc2ccc(N3CCN[C@@H](C)C3)cc2OC1=O. The standard InChI is InChI=1S/C21H22F2N2O3/c1-12-11-25(6-5-24-12)15-4-3-13-7-17(21(26)28-19(13)10-15)16-8-14(22)9-18(23)20(16)27-2/h3-4,8-10,12,17,24H,5-7,11H2,1-2H3/t12-,17?/m0/s1. The lowest BCUT2D eigenvalue weighted by Crippen LogP contribution is -2.49. The summed E-state index contributed by atoms with van der Waals surface area (Å²) in [6.45, 7) is 4.76. The van der Waals surface area contributed by atoms with E-state index in [2.05, 4.69) is 17.1 Å². The Morgan fingerprint density at radius 3 is 2.82 bits per heavy atom. The van der Waals surface area contributed by atoms with Gasteiger partial charge in [0, 0.05) is 49.1 Å². The molecule has 2 aromatic rings. The number of rotatable bonds is 3. The number of anilines is 1. The molecule has 2 aromatic carbocycles. The topological polar surface area (TPSA) is 50.8 Å². The van der Waals surface area contributed by atoms with Gasteiger partial charge < -0.3 is 19.7 Å². The number of benzene rings is 2. The van der Waals surface area contributed by atoms with Gasteiger partial charge in [0.1, 0.15) is 11.6 Å². The summed E-state index contributed by atoms with van der Waals surface area (Å²) in [7, 11) is 1.29. The number of halogens is 2. The summed E-state index contributed by atoms with van der Waals surface area (Å²) in [5, 5.41) is 3.39. The Bertz CT molecular complexity index is 919. The van der Waals surface area contributed by atoms with E-state index in [1.54, 1.807) is 0 Å². The highest BCUT2D eigenvalue weighted by Gasteiger charge is 2.34. The van der Waals surface area contributed by atoms with Gasteiger partial charge in [-0.2, -0.15) is 0 Å².